The number of benzene rings is 2. The molecular weight excluding hydrogens is 829 g/mol. The van der Waals surface area contributed by atoms with Crippen LogP contribution in [0.25, 0.3) is 32.1 Å². The van der Waals surface area contributed by atoms with E-state index >= 15 is 0 Å². The molecular formula is C48H58N2O2S6. The van der Waals surface area contributed by atoms with Crippen LogP contribution in [0, 0.1) is 9.06 Å². The van der Waals surface area contributed by atoms with E-state index < -0.39 is 0 Å². The van der Waals surface area contributed by atoms with Crippen molar-refractivity contribution in [2.24, 2.45) is 0 Å². The Kier molecular flexibility index (Phi) is 13.8. The van der Waals surface area contributed by atoms with Crippen molar-refractivity contribution in [1.82, 2.24) is 9.80 Å². The van der Waals surface area contributed by atoms with E-state index in [1.165, 1.54) is 68.0 Å². The number of rotatable bonds is 10. The van der Waals surface area contributed by atoms with Crippen LogP contribution in [0.15, 0.2) is 36.4 Å². The van der Waals surface area contributed by atoms with E-state index in [2.05, 4.69) is 119 Å². The molecule has 0 N–H and O–H groups in total. The number of hydrogen-bond donors (Lipinski definition) is 0. The topological polar surface area (TPSA) is 40.6 Å². The lowest BCUT2D eigenvalue weighted by Crippen LogP contribution is -2.28. The summed E-state index contributed by atoms with van der Waals surface area (Å²) in [6.07, 6.45) is 0. The summed E-state index contributed by atoms with van der Waals surface area (Å²) in [5.74, 6) is 1.72. The van der Waals surface area contributed by atoms with Crippen LogP contribution in [0.3, 0.4) is 0 Å². The van der Waals surface area contributed by atoms with Crippen LogP contribution in [0.5, 0.6) is 0 Å². The highest BCUT2D eigenvalue weighted by Crippen LogP contribution is 2.44. The van der Waals surface area contributed by atoms with Crippen molar-refractivity contribution in [2.75, 3.05) is 13.1 Å². The first-order valence-electron chi connectivity index (χ1n) is 20.8. The van der Waals surface area contributed by atoms with Gasteiger partial charge in [-0.2, -0.15) is 0 Å². The summed E-state index contributed by atoms with van der Waals surface area (Å²) in [6.45, 7) is 32.4. The highest BCUT2D eigenvalue weighted by atomic mass is 32.2. The number of amides is 2. The number of thiocarbonyl (C=S) groups is 2. The summed E-state index contributed by atoms with van der Waals surface area (Å²) in [5, 5.41) is 0. The van der Waals surface area contributed by atoms with E-state index in [0.29, 0.717) is 43.4 Å². The lowest BCUT2D eigenvalue weighted by atomic mass is 9.81. The Bertz CT molecular complexity index is 2320. The fraction of sp³-hybridized carbons (Fsp3) is 0.458. The molecule has 0 atom stereocenters. The molecule has 2 aliphatic rings. The molecule has 4 heterocycles. The summed E-state index contributed by atoms with van der Waals surface area (Å²) < 4.78 is 5.29. The molecule has 6 rings (SSSR count). The second-order valence-electron chi connectivity index (χ2n) is 17.3. The zero-order valence-electron chi connectivity index (χ0n) is 36.5. The van der Waals surface area contributed by atoms with Crippen LogP contribution < -0.4 is 9.06 Å². The summed E-state index contributed by atoms with van der Waals surface area (Å²) in [5.41, 5.74) is 12.7. The van der Waals surface area contributed by atoms with Crippen molar-refractivity contribution in [3.05, 3.63) is 87.9 Å². The molecule has 2 fully saturated rings. The van der Waals surface area contributed by atoms with Crippen LogP contribution in [-0.2, 0) is 9.59 Å². The van der Waals surface area contributed by atoms with Gasteiger partial charge in [-0.1, -0.05) is 155 Å². The van der Waals surface area contributed by atoms with E-state index in [4.69, 9.17) is 24.4 Å². The minimum absolute atomic E-state index is 0.0302. The van der Waals surface area contributed by atoms with Gasteiger partial charge in [-0.25, -0.2) is 0 Å². The van der Waals surface area contributed by atoms with Gasteiger partial charge in [0.2, 0.25) is 0 Å². The third-order valence-electron chi connectivity index (χ3n) is 11.3. The maximum Gasteiger partial charge on any atom is 0.267 e. The van der Waals surface area contributed by atoms with Gasteiger partial charge in [-0.05, 0) is 106 Å². The van der Waals surface area contributed by atoms with Crippen molar-refractivity contribution in [3.8, 4) is 22.3 Å². The first-order chi connectivity index (χ1) is 27.3. The Morgan fingerprint density at radius 2 is 0.776 bits per heavy atom. The lowest BCUT2D eigenvalue weighted by Gasteiger charge is -2.23. The van der Waals surface area contributed by atoms with Gasteiger partial charge in [0.05, 0.1) is 18.9 Å². The second kappa shape index (κ2) is 17.8. The van der Waals surface area contributed by atoms with Crippen LogP contribution in [0.2, 0.25) is 0 Å². The number of thioether (sulfide) groups is 2. The molecule has 0 radical (unpaired) electrons. The highest BCUT2D eigenvalue weighted by Gasteiger charge is 2.34. The van der Waals surface area contributed by atoms with Crippen molar-refractivity contribution in [3.63, 3.8) is 0 Å². The molecule has 10 heteroatoms. The molecule has 58 heavy (non-hydrogen) atoms. The van der Waals surface area contributed by atoms with E-state index in [-0.39, 0.29) is 35.5 Å². The zero-order chi connectivity index (χ0) is 42.7. The summed E-state index contributed by atoms with van der Waals surface area (Å²) in [7, 11) is 0. The fourth-order valence-electron chi connectivity index (χ4n) is 7.89. The van der Waals surface area contributed by atoms with Crippen molar-refractivity contribution < 1.29 is 9.59 Å². The third-order valence-corrected chi connectivity index (χ3v) is 16.9. The van der Waals surface area contributed by atoms with Gasteiger partial charge in [0.15, 0.2) is 0 Å². The van der Waals surface area contributed by atoms with Crippen LogP contribution in [0.1, 0.15) is 166 Å². The average molecular weight is 887 g/mol. The molecule has 0 saturated carbocycles. The van der Waals surface area contributed by atoms with Gasteiger partial charge >= 0.3 is 0 Å². The van der Waals surface area contributed by atoms with E-state index in [1.54, 1.807) is 32.5 Å². The lowest BCUT2D eigenvalue weighted by molar-refractivity contribution is -0.121. The molecule has 2 aromatic carbocycles. The monoisotopic (exact) mass is 886 g/mol. The molecule has 4 aromatic rings. The Morgan fingerprint density at radius 1 is 0.483 bits per heavy atom. The standard InChI is InChI=1S/C48H58N2O2S6/c1-15-49-45(51)43(57-47(49)53)37-21-35(39-31(25(7)8)17-29(23(3)4)18-32(39)26(9)10)41(55-37)42-36(22-38(56-42)44-46(52)50(16-2)48(54)58-44)40-33(27(11)12)19-30(24(5)6)20-34(40)28(13)14/h17-28H,15-16H2,1-14H3/b42-41+,43-37-,44-38-. The van der Waals surface area contributed by atoms with E-state index in [0.717, 1.165) is 29.3 Å². The SMILES string of the molecule is CCN1C(=O)/C(=c2\cc(-c3c(C(C)C)cc(C(C)C)cc3C(C)C)/c(=c3\s/c(=C4\SC(=S)N(CC)C4=O)cc3-c3c(C(C)C)cc(C(C)C)cc3C(C)C)s2)SC1=S. The number of thiophene rings is 2. The van der Waals surface area contributed by atoms with Crippen molar-refractivity contribution >= 4 is 101 Å². The number of carbonyl (C=O) groups is 2. The Balaban J connectivity index is 1.95. The highest BCUT2D eigenvalue weighted by molar-refractivity contribution is 8.30. The molecule has 4 nitrogen and oxygen atoms in total. The van der Waals surface area contributed by atoms with E-state index in [1.807, 2.05) is 13.8 Å². The maximum absolute atomic E-state index is 14.1. The summed E-state index contributed by atoms with van der Waals surface area (Å²) in [6, 6.07) is 14.2. The smallest absolute Gasteiger partial charge is 0.267 e. The molecule has 308 valence electrons. The normalized spacial score (nSPS) is 17.8. The van der Waals surface area contributed by atoms with Crippen LogP contribution >= 0.6 is 70.6 Å². The number of hydrogen-bond acceptors (Lipinski definition) is 8. The molecule has 2 aromatic heterocycles. The Morgan fingerprint density at radius 3 is 1.00 bits per heavy atom. The molecule has 0 aliphatic carbocycles. The third kappa shape index (κ3) is 8.24. The molecule has 2 amide bonds. The Labute approximate surface area is 373 Å². The molecule has 2 saturated heterocycles. The van der Waals surface area contributed by atoms with Gasteiger partial charge < -0.3 is 0 Å². The molecule has 0 spiro atoms. The number of nitrogens with zero attached hydrogens (tertiary/aromatic N) is 2. The van der Waals surface area contributed by atoms with Gasteiger partial charge in [0.1, 0.15) is 8.64 Å². The van der Waals surface area contributed by atoms with Crippen molar-refractivity contribution in [2.45, 2.75) is 132 Å². The minimum atomic E-state index is -0.0302. The minimum Gasteiger partial charge on any atom is -0.293 e. The predicted octanol–water partition coefficient (Wildman–Crippen LogP) is 13.1. The van der Waals surface area contributed by atoms with Crippen LogP contribution in [0.4, 0.5) is 0 Å². The number of carbonyl (C=O) groups excluding carboxylic acids is 2. The van der Waals surface area contributed by atoms with Gasteiger partial charge in [0.25, 0.3) is 11.8 Å². The molecule has 0 bridgehead atoms. The Hall–Kier alpha value is -2.60. The zero-order valence-corrected chi connectivity index (χ0v) is 41.4. The second-order valence-corrected chi connectivity index (χ2v) is 22.7. The average Bonchev–Trinajstić information content (AvgIpc) is 3.92. The van der Waals surface area contributed by atoms with E-state index in [9.17, 15) is 9.59 Å². The van der Waals surface area contributed by atoms with Gasteiger partial charge in [-0.3, -0.25) is 19.4 Å². The summed E-state index contributed by atoms with van der Waals surface area (Å²) in [4.78, 5) is 32.9. The molecule has 0 unspecified atom stereocenters. The molecule has 2 aliphatic heterocycles. The first-order valence-corrected chi connectivity index (χ1v) is 24.8. The quantitative estimate of drug-likeness (QED) is 0.148. The maximum atomic E-state index is 14.1. The van der Waals surface area contributed by atoms with Crippen LogP contribution in [-0.4, -0.2) is 43.3 Å². The first kappa shape index (κ1) is 44.9. The van der Waals surface area contributed by atoms with Crippen molar-refractivity contribution in [1.29, 1.82) is 0 Å². The van der Waals surface area contributed by atoms with Gasteiger partial charge in [0, 0.05) is 33.3 Å². The predicted molar refractivity (Wildman–Crippen MR) is 263 cm³/mol. The largest absolute Gasteiger partial charge is 0.293 e. The fourth-order valence-corrected chi connectivity index (χ4v) is 13.4. The van der Waals surface area contributed by atoms with Gasteiger partial charge in [-0.15, -0.1) is 22.7 Å². The summed E-state index contributed by atoms with van der Waals surface area (Å²) >= 11 is 17.7.